The summed E-state index contributed by atoms with van der Waals surface area (Å²) in [5, 5.41) is 9.97. The van der Waals surface area contributed by atoms with Gasteiger partial charge in [-0.1, -0.05) is 24.3 Å². The van der Waals surface area contributed by atoms with Crippen molar-refractivity contribution in [3.63, 3.8) is 0 Å². The van der Waals surface area contributed by atoms with Crippen LogP contribution in [0.5, 0.6) is 0 Å². The number of amides is 2. The quantitative estimate of drug-likeness (QED) is 0.718. The fourth-order valence-corrected chi connectivity index (χ4v) is 2.94. The maximum absolute atomic E-state index is 12.7. The molecule has 144 valence electrons. The standard InChI is InChI=1S/C22H24N4O2/c1-13-8-6-10-17(15(13)3)23-21(27)19-12-20(26(5)25-19)22(28)24-18-11-7-9-14(2)16(18)4/h6-12H,1-5H3,(H,23,27)(H,24,28). The minimum Gasteiger partial charge on any atom is -0.320 e. The zero-order chi connectivity index (χ0) is 20.4. The van der Waals surface area contributed by atoms with Crippen molar-refractivity contribution in [1.82, 2.24) is 9.78 Å². The predicted molar refractivity (Wildman–Crippen MR) is 111 cm³/mol. The molecule has 28 heavy (non-hydrogen) atoms. The SMILES string of the molecule is Cc1cccc(NC(=O)c2cc(C(=O)Nc3cccc(C)c3C)n(C)n2)c1C. The lowest BCUT2D eigenvalue weighted by atomic mass is 10.1. The Morgan fingerprint density at radius 3 is 1.86 bits per heavy atom. The number of aryl methyl sites for hydroxylation is 3. The Morgan fingerprint density at radius 1 is 0.821 bits per heavy atom. The highest BCUT2D eigenvalue weighted by Gasteiger charge is 2.19. The largest absolute Gasteiger partial charge is 0.320 e. The second-order valence-corrected chi connectivity index (χ2v) is 6.94. The Kier molecular flexibility index (Phi) is 5.31. The van der Waals surface area contributed by atoms with Gasteiger partial charge in [0, 0.05) is 24.5 Å². The molecule has 0 spiro atoms. The highest BCUT2D eigenvalue weighted by atomic mass is 16.2. The van der Waals surface area contributed by atoms with Crippen LogP contribution in [-0.2, 0) is 7.05 Å². The zero-order valence-electron chi connectivity index (χ0n) is 16.8. The highest BCUT2D eigenvalue weighted by molar-refractivity contribution is 6.07. The minimum atomic E-state index is -0.352. The highest BCUT2D eigenvalue weighted by Crippen LogP contribution is 2.20. The van der Waals surface area contributed by atoms with Gasteiger partial charge < -0.3 is 10.6 Å². The van der Waals surface area contributed by atoms with Crippen LogP contribution < -0.4 is 10.6 Å². The van der Waals surface area contributed by atoms with E-state index in [9.17, 15) is 9.59 Å². The maximum atomic E-state index is 12.7. The Bertz CT molecular complexity index is 1070. The van der Waals surface area contributed by atoms with Gasteiger partial charge in [0.1, 0.15) is 5.69 Å². The van der Waals surface area contributed by atoms with Crippen LogP contribution in [0.25, 0.3) is 0 Å². The molecule has 0 aliphatic carbocycles. The monoisotopic (exact) mass is 376 g/mol. The van der Waals surface area contributed by atoms with E-state index in [0.717, 1.165) is 33.6 Å². The maximum Gasteiger partial charge on any atom is 0.276 e. The first-order valence-corrected chi connectivity index (χ1v) is 9.07. The Labute approximate surface area is 164 Å². The molecule has 0 saturated heterocycles. The number of carbonyl (C=O) groups is 2. The van der Waals surface area contributed by atoms with Gasteiger partial charge in [-0.05, 0) is 62.1 Å². The van der Waals surface area contributed by atoms with Crippen molar-refractivity contribution in [3.8, 4) is 0 Å². The van der Waals surface area contributed by atoms with E-state index in [2.05, 4.69) is 15.7 Å². The van der Waals surface area contributed by atoms with Gasteiger partial charge in [-0.3, -0.25) is 14.3 Å². The Balaban J connectivity index is 1.80. The van der Waals surface area contributed by atoms with E-state index in [4.69, 9.17) is 0 Å². The molecule has 1 heterocycles. The number of hydrogen-bond donors (Lipinski definition) is 2. The van der Waals surface area contributed by atoms with E-state index in [0.29, 0.717) is 5.69 Å². The summed E-state index contributed by atoms with van der Waals surface area (Å²) in [6.07, 6.45) is 0. The van der Waals surface area contributed by atoms with Gasteiger partial charge in [0.05, 0.1) is 0 Å². The molecule has 3 rings (SSSR count). The van der Waals surface area contributed by atoms with Gasteiger partial charge in [0.25, 0.3) is 11.8 Å². The molecule has 0 unspecified atom stereocenters. The van der Waals surface area contributed by atoms with Crippen molar-refractivity contribution >= 4 is 23.2 Å². The number of nitrogens with one attached hydrogen (secondary N) is 2. The molecule has 6 heteroatoms. The molecule has 2 amide bonds. The first-order chi connectivity index (χ1) is 13.3. The molecule has 0 radical (unpaired) electrons. The lowest BCUT2D eigenvalue weighted by Crippen LogP contribution is -2.16. The molecule has 2 aromatic carbocycles. The summed E-state index contributed by atoms with van der Waals surface area (Å²) >= 11 is 0. The molecule has 2 N–H and O–H groups in total. The van der Waals surface area contributed by atoms with Crippen LogP contribution in [0.3, 0.4) is 0 Å². The molecule has 6 nitrogen and oxygen atoms in total. The van der Waals surface area contributed by atoms with Gasteiger partial charge in [0.2, 0.25) is 0 Å². The van der Waals surface area contributed by atoms with Gasteiger partial charge in [-0.25, -0.2) is 0 Å². The van der Waals surface area contributed by atoms with E-state index < -0.39 is 0 Å². The normalized spacial score (nSPS) is 10.6. The first-order valence-electron chi connectivity index (χ1n) is 9.07. The molecule has 1 aromatic heterocycles. The third-order valence-corrected chi connectivity index (χ3v) is 5.05. The van der Waals surface area contributed by atoms with Gasteiger partial charge >= 0.3 is 0 Å². The summed E-state index contributed by atoms with van der Waals surface area (Å²) in [4.78, 5) is 25.3. The zero-order valence-corrected chi connectivity index (χ0v) is 16.8. The smallest absolute Gasteiger partial charge is 0.276 e. The molecule has 0 aliphatic rings. The van der Waals surface area contributed by atoms with Crippen molar-refractivity contribution < 1.29 is 9.59 Å². The molecule has 0 fully saturated rings. The van der Waals surface area contributed by atoms with Gasteiger partial charge in [-0.15, -0.1) is 0 Å². The third kappa shape index (κ3) is 3.81. The molecular weight excluding hydrogens is 352 g/mol. The number of aromatic nitrogens is 2. The number of carbonyl (C=O) groups excluding carboxylic acids is 2. The average molecular weight is 376 g/mol. The molecule has 0 saturated carbocycles. The van der Waals surface area contributed by atoms with Crippen molar-refractivity contribution in [3.05, 3.63) is 76.1 Å². The summed E-state index contributed by atoms with van der Waals surface area (Å²) in [7, 11) is 1.65. The van der Waals surface area contributed by atoms with E-state index >= 15 is 0 Å². The van der Waals surface area contributed by atoms with E-state index in [1.165, 1.54) is 10.7 Å². The molecule has 0 aliphatic heterocycles. The summed E-state index contributed by atoms with van der Waals surface area (Å²) in [6, 6.07) is 13.0. The fourth-order valence-electron chi connectivity index (χ4n) is 2.94. The average Bonchev–Trinajstić information content (AvgIpc) is 3.05. The van der Waals surface area contributed by atoms with Crippen LogP contribution >= 0.6 is 0 Å². The minimum absolute atomic E-state index is 0.189. The van der Waals surface area contributed by atoms with E-state index in [1.807, 2.05) is 64.1 Å². The van der Waals surface area contributed by atoms with Crippen LogP contribution in [0.15, 0.2) is 42.5 Å². The summed E-state index contributed by atoms with van der Waals surface area (Å²) in [6.45, 7) is 7.88. The van der Waals surface area contributed by atoms with Crippen LogP contribution in [0, 0.1) is 27.7 Å². The Hall–Kier alpha value is -3.41. The summed E-state index contributed by atoms with van der Waals surface area (Å²) in [5.41, 5.74) is 6.17. The number of hydrogen-bond acceptors (Lipinski definition) is 3. The number of rotatable bonds is 4. The number of benzene rings is 2. The molecular formula is C22H24N4O2. The van der Waals surface area contributed by atoms with Crippen LogP contribution in [0.4, 0.5) is 11.4 Å². The predicted octanol–water partition coefficient (Wildman–Crippen LogP) is 4.16. The summed E-state index contributed by atoms with van der Waals surface area (Å²) < 4.78 is 1.42. The van der Waals surface area contributed by atoms with Crippen LogP contribution in [-0.4, -0.2) is 21.6 Å². The lowest BCUT2D eigenvalue weighted by Gasteiger charge is -2.10. The second-order valence-electron chi connectivity index (χ2n) is 6.94. The molecule has 3 aromatic rings. The van der Waals surface area contributed by atoms with Crippen molar-refractivity contribution in [2.24, 2.45) is 7.05 Å². The van der Waals surface area contributed by atoms with Gasteiger partial charge in [0.15, 0.2) is 5.69 Å². The van der Waals surface area contributed by atoms with Crippen molar-refractivity contribution in [2.45, 2.75) is 27.7 Å². The van der Waals surface area contributed by atoms with Gasteiger partial charge in [-0.2, -0.15) is 5.10 Å². The van der Waals surface area contributed by atoms with Crippen LogP contribution in [0.2, 0.25) is 0 Å². The van der Waals surface area contributed by atoms with E-state index in [1.54, 1.807) is 7.05 Å². The third-order valence-electron chi connectivity index (χ3n) is 5.05. The second kappa shape index (κ2) is 7.68. The van der Waals surface area contributed by atoms with Crippen molar-refractivity contribution in [2.75, 3.05) is 10.6 Å². The fraction of sp³-hybridized carbons (Fsp3) is 0.227. The first kappa shape index (κ1) is 19.4. The number of nitrogens with zero attached hydrogens (tertiary/aromatic N) is 2. The van der Waals surface area contributed by atoms with Crippen LogP contribution in [0.1, 0.15) is 43.2 Å². The lowest BCUT2D eigenvalue weighted by molar-refractivity contribution is 0.101. The number of anilines is 2. The molecule has 0 bridgehead atoms. The Morgan fingerprint density at radius 2 is 1.32 bits per heavy atom. The van der Waals surface area contributed by atoms with E-state index in [-0.39, 0.29) is 17.5 Å². The van der Waals surface area contributed by atoms with Crippen molar-refractivity contribution in [1.29, 1.82) is 0 Å². The topological polar surface area (TPSA) is 76.0 Å². The summed E-state index contributed by atoms with van der Waals surface area (Å²) in [5.74, 6) is -0.662. The molecule has 0 atom stereocenters.